The molecule has 0 atom stereocenters. The van der Waals surface area contributed by atoms with Crippen LogP contribution >= 0.6 is 0 Å². The smallest absolute Gasteiger partial charge is 0.322 e. The van der Waals surface area contributed by atoms with Gasteiger partial charge in [-0.3, -0.25) is 9.48 Å². The molecule has 0 spiro atoms. The zero-order chi connectivity index (χ0) is 21.1. The summed E-state index contributed by atoms with van der Waals surface area (Å²) in [5.41, 5.74) is 2.89. The number of carbonyl (C=O) groups excluding carboxylic acids is 2. The van der Waals surface area contributed by atoms with Crippen LogP contribution in [-0.2, 0) is 24.8 Å². The molecule has 1 aromatic carbocycles. The normalized spacial score (nSPS) is 16.2. The number of hydrogen-bond donors (Lipinski definition) is 1. The van der Waals surface area contributed by atoms with Crippen molar-refractivity contribution in [3.8, 4) is 5.75 Å². The van der Waals surface area contributed by atoms with E-state index in [-0.39, 0.29) is 11.9 Å². The summed E-state index contributed by atoms with van der Waals surface area (Å²) in [7, 11) is 1.85. The minimum Gasteiger partial charge on any atom is -0.492 e. The highest BCUT2D eigenvalue weighted by molar-refractivity contribution is 5.95. The molecular formula is C21H27N5O4. The predicted octanol–water partition coefficient (Wildman–Crippen LogP) is 1.88. The van der Waals surface area contributed by atoms with Crippen LogP contribution in [0.25, 0.3) is 0 Å². The van der Waals surface area contributed by atoms with Gasteiger partial charge < -0.3 is 24.6 Å². The molecule has 0 aliphatic carbocycles. The number of nitrogens with zero attached hydrogens (tertiary/aromatic N) is 4. The highest BCUT2D eigenvalue weighted by Gasteiger charge is 2.32. The van der Waals surface area contributed by atoms with E-state index in [1.54, 1.807) is 14.5 Å². The number of fused-ring (bicyclic) bond motifs is 1. The van der Waals surface area contributed by atoms with Crippen molar-refractivity contribution in [2.45, 2.75) is 19.9 Å². The number of rotatable bonds is 4. The number of aromatic nitrogens is 2. The molecule has 0 bridgehead atoms. The third kappa shape index (κ3) is 3.97. The average Bonchev–Trinajstić information content (AvgIpc) is 3.11. The van der Waals surface area contributed by atoms with E-state index >= 15 is 0 Å². The van der Waals surface area contributed by atoms with E-state index in [4.69, 9.17) is 9.47 Å². The van der Waals surface area contributed by atoms with E-state index in [0.29, 0.717) is 69.6 Å². The van der Waals surface area contributed by atoms with Gasteiger partial charge in [0.05, 0.1) is 32.1 Å². The summed E-state index contributed by atoms with van der Waals surface area (Å²) in [5.74, 6) is 0.537. The Kier molecular flexibility index (Phi) is 5.89. The number of urea groups is 1. The van der Waals surface area contributed by atoms with Gasteiger partial charge in [0.1, 0.15) is 5.75 Å². The lowest BCUT2D eigenvalue weighted by atomic mass is 10.0. The van der Waals surface area contributed by atoms with Crippen molar-refractivity contribution in [2.24, 2.45) is 7.05 Å². The standard InChI is InChI=1S/C21H27N5O4/c1-3-30-18-7-5-4-6-16(18)22-21(28)26-9-8-17-15(14-26)19(23-24(17)2)20(27)25-10-12-29-13-11-25/h4-7H,3,8-14H2,1-2H3,(H,22,28). The van der Waals surface area contributed by atoms with Crippen molar-refractivity contribution in [2.75, 3.05) is 44.8 Å². The Balaban J connectivity index is 1.51. The number of benzene rings is 1. The quantitative estimate of drug-likeness (QED) is 0.827. The molecule has 3 heterocycles. The van der Waals surface area contributed by atoms with Gasteiger partial charge in [-0.2, -0.15) is 5.10 Å². The van der Waals surface area contributed by atoms with Crippen molar-refractivity contribution in [1.82, 2.24) is 19.6 Å². The van der Waals surface area contributed by atoms with Crippen molar-refractivity contribution in [3.63, 3.8) is 0 Å². The number of morpholine rings is 1. The summed E-state index contributed by atoms with van der Waals surface area (Å²) in [5, 5.41) is 7.43. The molecule has 1 saturated heterocycles. The van der Waals surface area contributed by atoms with Crippen molar-refractivity contribution in [3.05, 3.63) is 41.2 Å². The first-order chi connectivity index (χ1) is 14.6. The predicted molar refractivity (Wildman–Crippen MR) is 111 cm³/mol. The van der Waals surface area contributed by atoms with E-state index in [1.165, 1.54) is 0 Å². The summed E-state index contributed by atoms with van der Waals surface area (Å²) >= 11 is 0. The molecule has 1 N–H and O–H groups in total. The molecular weight excluding hydrogens is 386 g/mol. The number of ether oxygens (including phenoxy) is 2. The van der Waals surface area contributed by atoms with Crippen molar-refractivity contribution < 1.29 is 19.1 Å². The summed E-state index contributed by atoms with van der Waals surface area (Å²) in [6.07, 6.45) is 0.649. The minimum atomic E-state index is -0.221. The maximum absolute atomic E-state index is 13.0. The summed E-state index contributed by atoms with van der Waals surface area (Å²) in [6, 6.07) is 7.14. The summed E-state index contributed by atoms with van der Waals surface area (Å²) in [6.45, 7) is 5.51. The van der Waals surface area contributed by atoms with E-state index in [2.05, 4.69) is 10.4 Å². The van der Waals surface area contributed by atoms with Crippen LogP contribution in [-0.4, -0.2) is 71.0 Å². The molecule has 9 nitrogen and oxygen atoms in total. The number of amides is 3. The molecule has 2 aliphatic rings. The Labute approximate surface area is 175 Å². The number of anilines is 1. The van der Waals surface area contributed by atoms with Crippen LogP contribution in [0.15, 0.2) is 24.3 Å². The van der Waals surface area contributed by atoms with Gasteiger partial charge in [0.2, 0.25) is 0 Å². The summed E-state index contributed by atoms with van der Waals surface area (Å²) < 4.78 is 12.7. The largest absolute Gasteiger partial charge is 0.492 e. The van der Waals surface area contributed by atoms with Gasteiger partial charge >= 0.3 is 6.03 Å². The molecule has 160 valence electrons. The van der Waals surface area contributed by atoms with Crippen LogP contribution in [0, 0.1) is 0 Å². The number of hydrogen-bond acceptors (Lipinski definition) is 5. The van der Waals surface area contributed by atoms with Crippen molar-refractivity contribution >= 4 is 17.6 Å². The second-order valence-corrected chi connectivity index (χ2v) is 7.33. The monoisotopic (exact) mass is 413 g/mol. The zero-order valence-electron chi connectivity index (χ0n) is 17.4. The van der Waals surface area contributed by atoms with Gasteiger partial charge in [0.15, 0.2) is 5.69 Å². The maximum Gasteiger partial charge on any atom is 0.322 e. The summed E-state index contributed by atoms with van der Waals surface area (Å²) in [4.78, 5) is 29.5. The van der Waals surface area contributed by atoms with Gasteiger partial charge in [-0.15, -0.1) is 0 Å². The fraction of sp³-hybridized carbons (Fsp3) is 0.476. The topological polar surface area (TPSA) is 88.9 Å². The Morgan fingerprint density at radius 1 is 1.17 bits per heavy atom. The second kappa shape index (κ2) is 8.74. The molecule has 0 radical (unpaired) electrons. The van der Waals surface area contributed by atoms with E-state index in [1.807, 2.05) is 38.2 Å². The zero-order valence-corrected chi connectivity index (χ0v) is 17.4. The lowest BCUT2D eigenvalue weighted by Gasteiger charge is -2.29. The fourth-order valence-electron chi connectivity index (χ4n) is 3.90. The lowest BCUT2D eigenvalue weighted by Crippen LogP contribution is -2.42. The van der Waals surface area contributed by atoms with Gasteiger partial charge in [0, 0.05) is 44.4 Å². The third-order valence-corrected chi connectivity index (χ3v) is 5.46. The third-order valence-electron chi connectivity index (χ3n) is 5.46. The molecule has 0 saturated carbocycles. The molecule has 1 fully saturated rings. The lowest BCUT2D eigenvalue weighted by molar-refractivity contribution is 0.0297. The highest BCUT2D eigenvalue weighted by Crippen LogP contribution is 2.27. The first-order valence-corrected chi connectivity index (χ1v) is 10.3. The van der Waals surface area contributed by atoms with E-state index in [9.17, 15) is 9.59 Å². The number of nitrogens with one attached hydrogen (secondary N) is 1. The Morgan fingerprint density at radius 2 is 1.93 bits per heavy atom. The Bertz CT molecular complexity index is 935. The van der Waals surface area contributed by atoms with E-state index < -0.39 is 0 Å². The molecule has 4 rings (SSSR count). The molecule has 2 aromatic rings. The first-order valence-electron chi connectivity index (χ1n) is 10.3. The Morgan fingerprint density at radius 3 is 2.70 bits per heavy atom. The number of para-hydroxylation sites is 2. The van der Waals surface area contributed by atoms with Gasteiger partial charge in [0.25, 0.3) is 5.91 Å². The van der Waals surface area contributed by atoms with Crippen LogP contribution < -0.4 is 10.1 Å². The molecule has 9 heteroatoms. The Hall–Kier alpha value is -3.07. The minimum absolute atomic E-state index is 0.0981. The number of carbonyl (C=O) groups is 2. The maximum atomic E-state index is 13.0. The van der Waals surface area contributed by atoms with Crippen LogP contribution in [0.5, 0.6) is 5.75 Å². The van der Waals surface area contributed by atoms with Gasteiger partial charge in [-0.05, 0) is 19.1 Å². The van der Waals surface area contributed by atoms with Crippen LogP contribution in [0.2, 0.25) is 0 Å². The SMILES string of the molecule is CCOc1ccccc1NC(=O)N1CCc2c(c(C(=O)N3CCOCC3)nn2C)C1. The molecule has 30 heavy (non-hydrogen) atoms. The van der Waals surface area contributed by atoms with Crippen molar-refractivity contribution in [1.29, 1.82) is 0 Å². The number of aryl methyl sites for hydroxylation is 1. The van der Waals surface area contributed by atoms with Gasteiger partial charge in [-0.25, -0.2) is 4.79 Å². The van der Waals surface area contributed by atoms with E-state index in [0.717, 1.165) is 11.3 Å². The van der Waals surface area contributed by atoms with Crippen LogP contribution in [0.1, 0.15) is 28.7 Å². The first kappa shape index (κ1) is 20.2. The molecule has 2 aliphatic heterocycles. The average molecular weight is 413 g/mol. The molecule has 3 amide bonds. The van der Waals surface area contributed by atoms with Crippen LogP contribution in [0.4, 0.5) is 10.5 Å². The molecule has 1 aromatic heterocycles. The van der Waals surface area contributed by atoms with Crippen LogP contribution in [0.3, 0.4) is 0 Å². The highest BCUT2D eigenvalue weighted by atomic mass is 16.5. The fourth-order valence-corrected chi connectivity index (χ4v) is 3.90. The van der Waals surface area contributed by atoms with Gasteiger partial charge in [-0.1, -0.05) is 12.1 Å². The molecule has 0 unspecified atom stereocenters. The second-order valence-electron chi connectivity index (χ2n) is 7.33.